The van der Waals surface area contributed by atoms with Crippen molar-refractivity contribution >= 4 is 46.7 Å². The molecule has 14 heteroatoms. The van der Waals surface area contributed by atoms with Crippen molar-refractivity contribution in [3.63, 3.8) is 0 Å². The van der Waals surface area contributed by atoms with E-state index in [1.54, 1.807) is 25.0 Å². The number of anilines is 1. The van der Waals surface area contributed by atoms with Gasteiger partial charge in [-0.25, -0.2) is 23.9 Å². The lowest BCUT2D eigenvalue weighted by molar-refractivity contribution is -0.133. The molecule has 2 N–H and O–H groups in total. The van der Waals surface area contributed by atoms with Gasteiger partial charge in [-0.05, 0) is 24.8 Å². The number of hydroxylamine groups is 1. The fourth-order valence-corrected chi connectivity index (χ4v) is 6.25. The van der Waals surface area contributed by atoms with Crippen LogP contribution in [-0.4, -0.2) is 103 Å². The van der Waals surface area contributed by atoms with Crippen LogP contribution in [-0.2, 0) is 26.0 Å². The molecule has 0 aliphatic carbocycles. The molecule has 0 aromatic carbocycles. The smallest absolute Gasteiger partial charge is 0.266 e. The number of halogens is 2. The summed E-state index contributed by atoms with van der Waals surface area (Å²) in [7, 11) is -2.37. The lowest BCUT2D eigenvalue weighted by atomic mass is 9.95. The molecule has 2 aliphatic rings. The zero-order chi connectivity index (χ0) is 22.5. The first-order chi connectivity index (χ1) is 14.9. The summed E-state index contributed by atoms with van der Waals surface area (Å²) in [5.74, 6) is -0.289. The van der Waals surface area contributed by atoms with E-state index in [9.17, 15) is 18.4 Å². The number of nitrogens with zero attached hydrogens (tertiary/aromatic N) is 5. The van der Waals surface area contributed by atoms with Gasteiger partial charge in [-0.2, -0.15) is 4.31 Å². The molecule has 0 atom stereocenters. The number of hydrogen-bond donors (Lipinski definition) is 2. The van der Waals surface area contributed by atoms with Crippen molar-refractivity contribution in [2.45, 2.75) is 30.9 Å². The van der Waals surface area contributed by atoms with E-state index in [1.807, 2.05) is 11.8 Å². The monoisotopic (exact) mass is 528 g/mol. The molecule has 0 saturated carbocycles. The molecular weight excluding hydrogens is 495 g/mol. The van der Waals surface area contributed by atoms with E-state index in [-0.39, 0.29) is 50.7 Å². The van der Waals surface area contributed by atoms with Crippen LogP contribution in [0.1, 0.15) is 25.3 Å². The summed E-state index contributed by atoms with van der Waals surface area (Å²) in [5.41, 5.74) is 2.65. The summed E-state index contributed by atoms with van der Waals surface area (Å²) < 4.78 is 31.9. The maximum Gasteiger partial charge on any atom is 0.266 e. The van der Waals surface area contributed by atoms with Gasteiger partial charge in [0.25, 0.3) is 5.91 Å². The molecule has 1 aromatic rings. The number of carbonyl (C=O) groups is 1. The number of hydrogen-bond acceptors (Lipinski definition) is 9. The number of aromatic nitrogens is 2. The van der Waals surface area contributed by atoms with Crippen molar-refractivity contribution in [1.29, 1.82) is 0 Å². The average Bonchev–Trinajstić information content (AvgIpc) is 2.82. The Morgan fingerprint density at radius 3 is 2.18 bits per heavy atom. The number of piperidine rings is 1. The second kappa shape index (κ2) is 13.0. The molecule has 2 aliphatic heterocycles. The lowest BCUT2D eigenvalue weighted by Crippen LogP contribution is -2.63. The van der Waals surface area contributed by atoms with Gasteiger partial charge in [0.1, 0.15) is 0 Å². The Morgan fingerprint density at radius 2 is 1.70 bits per heavy atom. The summed E-state index contributed by atoms with van der Waals surface area (Å²) in [6.07, 6.45) is 4.65. The number of rotatable bonds is 8. The average molecular weight is 529 g/mol. The molecule has 3 rings (SSSR count). The van der Waals surface area contributed by atoms with Crippen LogP contribution in [0.5, 0.6) is 0 Å². The molecule has 0 radical (unpaired) electrons. The molecule has 0 spiro atoms. The maximum atomic E-state index is 13.6. The van der Waals surface area contributed by atoms with Crippen LogP contribution in [0, 0.1) is 0 Å². The van der Waals surface area contributed by atoms with Crippen molar-refractivity contribution in [2.75, 3.05) is 64.4 Å². The number of piperazine rings is 1. The van der Waals surface area contributed by atoms with Crippen molar-refractivity contribution in [3.8, 4) is 0 Å². The molecule has 0 unspecified atom stereocenters. The maximum absolute atomic E-state index is 13.6. The molecule has 2 saturated heterocycles. The zero-order valence-corrected chi connectivity index (χ0v) is 21.4. The normalized spacial score (nSPS) is 19.3. The van der Waals surface area contributed by atoms with Crippen molar-refractivity contribution < 1.29 is 23.2 Å². The highest BCUT2D eigenvalue weighted by molar-refractivity contribution is 7.91. The van der Waals surface area contributed by atoms with E-state index in [4.69, 9.17) is 4.74 Å². The fraction of sp³-hybridized carbons (Fsp3) is 0.737. The van der Waals surface area contributed by atoms with Crippen LogP contribution < -0.4 is 10.4 Å². The van der Waals surface area contributed by atoms with Gasteiger partial charge in [0.2, 0.25) is 16.0 Å². The van der Waals surface area contributed by atoms with Crippen LogP contribution in [0.3, 0.4) is 0 Å². The standard InChI is InChI=1S/C19H32N6O5S.2ClH/c1-3-16-14-20-18(21-15-16)24-8-10-25(11-9-24)31(28,29)19(17(26)22-27)4-6-23(7-5-19)12-13-30-2;;/h14-15,27H,3-13H2,1-2H3,(H,22,26);2*1H. The topological polar surface area (TPSA) is 128 Å². The van der Waals surface area contributed by atoms with Gasteiger partial charge >= 0.3 is 0 Å². The third-order valence-electron chi connectivity index (χ3n) is 6.25. The lowest BCUT2D eigenvalue weighted by Gasteiger charge is -2.43. The fourth-order valence-electron chi connectivity index (χ4n) is 4.13. The van der Waals surface area contributed by atoms with Gasteiger partial charge in [0, 0.05) is 65.3 Å². The predicted molar refractivity (Wildman–Crippen MR) is 129 cm³/mol. The van der Waals surface area contributed by atoms with Gasteiger partial charge in [-0.1, -0.05) is 6.92 Å². The Bertz CT molecular complexity index is 845. The van der Waals surface area contributed by atoms with Gasteiger partial charge in [0.15, 0.2) is 4.75 Å². The Morgan fingerprint density at radius 1 is 1.12 bits per heavy atom. The Balaban J connectivity index is 0.00000272. The van der Waals surface area contributed by atoms with E-state index < -0.39 is 20.7 Å². The first-order valence-electron chi connectivity index (χ1n) is 10.6. The summed E-state index contributed by atoms with van der Waals surface area (Å²) >= 11 is 0. The first kappa shape index (κ1) is 29.8. The molecular formula is C19H34Cl2N6O5S. The Labute approximate surface area is 207 Å². The zero-order valence-electron chi connectivity index (χ0n) is 19.0. The molecule has 33 heavy (non-hydrogen) atoms. The Hall–Kier alpha value is -1.28. The van der Waals surface area contributed by atoms with Crippen LogP contribution in [0.25, 0.3) is 0 Å². The Kier molecular flexibility index (Phi) is 11.7. The van der Waals surface area contributed by atoms with E-state index >= 15 is 0 Å². The number of amides is 1. The number of sulfonamides is 1. The minimum atomic E-state index is -3.98. The molecule has 1 aromatic heterocycles. The molecule has 1 amide bonds. The van der Waals surface area contributed by atoms with Crippen LogP contribution in [0.15, 0.2) is 12.4 Å². The number of aryl methyl sites for hydroxylation is 1. The van der Waals surface area contributed by atoms with E-state index in [1.165, 1.54) is 4.31 Å². The third-order valence-corrected chi connectivity index (χ3v) is 8.87. The van der Waals surface area contributed by atoms with Crippen LogP contribution in [0.2, 0.25) is 0 Å². The summed E-state index contributed by atoms with van der Waals surface area (Å²) in [6.45, 7) is 5.44. The highest BCUT2D eigenvalue weighted by Gasteiger charge is 2.55. The minimum Gasteiger partial charge on any atom is -0.383 e. The van der Waals surface area contributed by atoms with Gasteiger partial charge < -0.3 is 14.5 Å². The molecule has 11 nitrogen and oxygen atoms in total. The summed E-state index contributed by atoms with van der Waals surface area (Å²) in [5, 5.41) is 9.31. The van der Waals surface area contributed by atoms with Crippen molar-refractivity contribution in [1.82, 2.24) is 24.7 Å². The van der Waals surface area contributed by atoms with Crippen molar-refractivity contribution in [3.05, 3.63) is 18.0 Å². The molecule has 190 valence electrons. The van der Waals surface area contributed by atoms with E-state index in [2.05, 4.69) is 14.9 Å². The largest absolute Gasteiger partial charge is 0.383 e. The van der Waals surface area contributed by atoms with Gasteiger partial charge in [0.05, 0.1) is 6.61 Å². The molecule has 0 bridgehead atoms. The van der Waals surface area contributed by atoms with Crippen LogP contribution >= 0.6 is 24.8 Å². The van der Waals surface area contributed by atoms with Gasteiger partial charge in [-0.15, -0.1) is 24.8 Å². The molecule has 2 fully saturated rings. The highest BCUT2D eigenvalue weighted by Crippen LogP contribution is 2.34. The number of likely N-dealkylation sites (tertiary alicyclic amines) is 1. The SMILES string of the molecule is CCc1cnc(N2CCN(S(=O)(=O)C3(C(=O)NO)CCN(CCOC)CC3)CC2)nc1.Cl.Cl. The molecule has 3 heterocycles. The number of nitrogens with one attached hydrogen (secondary N) is 1. The second-order valence-corrected chi connectivity index (χ2v) is 10.2. The van der Waals surface area contributed by atoms with Crippen LogP contribution in [0.4, 0.5) is 5.95 Å². The number of ether oxygens (including phenoxy) is 1. The first-order valence-corrected chi connectivity index (χ1v) is 12.0. The third kappa shape index (κ3) is 6.24. The summed E-state index contributed by atoms with van der Waals surface area (Å²) in [4.78, 5) is 25.4. The summed E-state index contributed by atoms with van der Waals surface area (Å²) in [6, 6.07) is 0. The van der Waals surface area contributed by atoms with E-state index in [0.717, 1.165) is 12.0 Å². The van der Waals surface area contributed by atoms with Crippen molar-refractivity contribution in [2.24, 2.45) is 0 Å². The van der Waals surface area contributed by atoms with Gasteiger partial charge in [-0.3, -0.25) is 10.0 Å². The minimum absolute atomic E-state index is 0. The number of carbonyl (C=O) groups excluding carboxylic acids is 1. The number of methoxy groups -OCH3 is 1. The predicted octanol–water partition coefficient (Wildman–Crippen LogP) is 0.321. The second-order valence-electron chi connectivity index (χ2n) is 7.91. The van der Waals surface area contributed by atoms with E-state index in [0.29, 0.717) is 45.3 Å². The highest BCUT2D eigenvalue weighted by atomic mass is 35.5. The quantitative estimate of drug-likeness (QED) is 0.362.